The third-order valence-electron chi connectivity index (χ3n) is 3.28. The van der Waals surface area contributed by atoms with E-state index in [4.69, 9.17) is 0 Å². The van der Waals surface area contributed by atoms with Crippen molar-refractivity contribution in [1.82, 2.24) is 15.1 Å². The molecule has 1 aromatic rings. The van der Waals surface area contributed by atoms with Crippen LogP contribution in [-0.2, 0) is 6.54 Å². The van der Waals surface area contributed by atoms with E-state index in [1.54, 1.807) is 10.9 Å². The number of aliphatic hydroxyl groups excluding tert-OH is 1. The van der Waals surface area contributed by atoms with Crippen LogP contribution in [0.5, 0.6) is 0 Å². The van der Waals surface area contributed by atoms with Crippen LogP contribution in [0.4, 0.5) is 0 Å². The van der Waals surface area contributed by atoms with Crippen molar-refractivity contribution < 1.29 is 5.11 Å². The lowest BCUT2D eigenvalue weighted by Gasteiger charge is -2.29. The summed E-state index contributed by atoms with van der Waals surface area (Å²) < 4.78 is 1.75. The zero-order valence-electron chi connectivity index (χ0n) is 10.5. The van der Waals surface area contributed by atoms with Gasteiger partial charge in [-0.15, -0.1) is 0 Å². The molecule has 0 spiro atoms. The molecule has 16 heavy (non-hydrogen) atoms. The first-order chi connectivity index (χ1) is 7.59. The van der Waals surface area contributed by atoms with Crippen LogP contribution >= 0.6 is 0 Å². The van der Waals surface area contributed by atoms with Gasteiger partial charge >= 0.3 is 0 Å². The fourth-order valence-corrected chi connectivity index (χ4v) is 1.55. The van der Waals surface area contributed by atoms with Crippen LogP contribution in [0.1, 0.15) is 33.6 Å². The summed E-state index contributed by atoms with van der Waals surface area (Å²) in [6.45, 7) is 7.67. The molecule has 4 nitrogen and oxygen atoms in total. The number of hydrogen-bond acceptors (Lipinski definition) is 3. The van der Waals surface area contributed by atoms with Crippen molar-refractivity contribution in [3.05, 3.63) is 18.5 Å². The lowest BCUT2D eigenvalue weighted by molar-refractivity contribution is 0.132. The monoisotopic (exact) mass is 225 g/mol. The molecule has 0 bridgehead atoms. The molecule has 1 rings (SSSR count). The molecule has 0 aliphatic heterocycles. The molecule has 0 saturated carbocycles. The van der Waals surface area contributed by atoms with Crippen LogP contribution in [-0.4, -0.2) is 33.1 Å². The SMILES string of the molecule is CCC(C)(CC)NCC(O)Cn1cccn1. The smallest absolute Gasteiger partial charge is 0.0860 e. The van der Waals surface area contributed by atoms with Crippen molar-refractivity contribution in [2.24, 2.45) is 0 Å². The topological polar surface area (TPSA) is 50.1 Å². The zero-order valence-corrected chi connectivity index (χ0v) is 10.5. The van der Waals surface area contributed by atoms with Gasteiger partial charge in [0, 0.05) is 24.5 Å². The second-order valence-electron chi connectivity index (χ2n) is 4.53. The summed E-state index contributed by atoms with van der Waals surface area (Å²) in [7, 11) is 0. The molecule has 2 N–H and O–H groups in total. The van der Waals surface area contributed by atoms with E-state index >= 15 is 0 Å². The Balaban J connectivity index is 2.32. The van der Waals surface area contributed by atoms with Crippen molar-refractivity contribution >= 4 is 0 Å². The molecule has 0 radical (unpaired) electrons. The van der Waals surface area contributed by atoms with Gasteiger partial charge in [0.25, 0.3) is 0 Å². The van der Waals surface area contributed by atoms with Crippen molar-refractivity contribution in [3.8, 4) is 0 Å². The largest absolute Gasteiger partial charge is 0.390 e. The maximum Gasteiger partial charge on any atom is 0.0860 e. The van der Waals surface area contributed by atoms with Crippen molar-refractivity contribution in [2.45, 2.75) is 51.8 Å². The Hall–Kier alpha value is -0.870. The Kier molecular flexibility index (Phi) is 4.96. The number of β-amino-alcohol motifs (C(OH)–C–C–N with tert-alkyl or cyclic N) is 1. The lowest BCUT2D eigenvalue weighted by atomic mass is 9.95. The van der Waals surface area contributed by atoms with E-state index in [0.29, 0.717) is 13.1 Å². The summed E-state index contributed by atoms with van der Waals surface area (Å²) in [4.78, 5) is 0. The third kappa shape index (κ3) is 3.94. The molecule has 0 amide bonds. The molecule has 1 aromatic heterocycles. The van der Waals surface area contributed by atoms with E-state index in [1.165, 1.54) is 0 Å². The van der Waals surface area contributed by atoms with Gasteiger partial charge in [-0.1, -0.05) is 13.8 Å². The van der Waals surface area contributed by atoms with Gasteiger partial charge in [-0.05, 0) is 25.8 Å². The fourth-order valence-electron chi connectivity index (χ4n) is 1.55. The number of rotatable bonds is 7. The van der Waals surface area contributed by atoms with E-state index < -0.39 is 6.10 Å². The molecule has 1 heterocycles. The number of nitrogens with one attached hydrogen (secondary N) is 1. The average molecular weight is 225 g/mol. The van der Waals surface area contributed by atoms with Crippen molar-refractivity contribution in [2.75, 3.05) is 6.54 Å². The molecule has 1 atom stereocenters. The normalized spacial score (nSPS) is 14.0. The second-order valence-corrected chi connectivity index (χ2v) is 4.53. The van der Waals surface area contributed by atoms with Gasteiger partial charge < -0.3 is 10.4 Å². The van der Waals surface area contributed by atoms with Crippen LogP contribution < -0.4 is 5.32 Å². The van der Waals surface area contributed by atoms with Gasteiger partial charge in [0.2, 0.25) is 0 Å². The number of nitrogens with zero attached hydrogens (tertiary/aromatic N) is 2. The zero-order chi connectivity index (χ0) is 12.0. The Morgan fingerprint density at radius 1 is 1.44 bits per heavy atom. The molecule has 1 unspecified atom stereocenters. The summed E-state index contributed by atoms with van der Waals surface area (Å²) in [5.41, 5.74) is 0.130. The van der Waals surface area contributed by atoms with Gasteiger partial charge in [0.1, 0.15) is 0 Å². The van der Waals surface area contributed by atoms with Crippen LogP contribution in [0, 0.1) is 0 Å². The summed E-state index contributed by atoms with van der Waals surface area (Å²) in [5, 5.41) is 17.3. The first kappa shape index (κ1) is 13.2. The fraction of sp³-hybridized carbons (Fsp3) is 0.750. The quantitative estimate of drug-likeness (QED) is 0.737. The van der Waals surface area contributed by atoms with Crippen molar-refractivity contribution in [3.63, 3.8) is 0 Å². The van der Waals surface area contributed by atoms with E-state index in [2.05, 4.69) is 31.2 Å². The van der Waals surface area contributed by atoms with E-state index in [-0.39, 0.29) is 5.54 Å². The molecule has 0 aromatic carbocycles. The standard InChI is InChI=1S/C12H23N3O/c1-4-12(3,5-2)13-9-11(16)10-15-8-6-7-14-15/h6-8,11,13,16H,4-5,9-10H2,1-3H3. The highest BCUT2D eigenvalue weighted by molar-refractivity contribution is 4.82. The molecule has 4 heteroatoms. The highest BCUT2D eigenvalue weighted by Gasteiger charge is 2.19. The number of aromatic nitrogens is 2. The first-order valence-corrected chi connectivity index (χ1v) is 6.00. The van der Waals surface area contributed by atoms with Crippen LogP contribution in [0.3, 0.4) is 0 Å². The van der Waals surface area contributed by atoms with Gasteiger partial charge in [-0.25, -0.2) is 0 Å². The maximum absolute atomic E-state index is 9.85. The Labute approximate surface area is 97.7 Å². The summed E-state index contributed by atoms with van der Waals surface area (Å²) in [5.74, 6) is 0. The van der Waals surface area contributed by atoms with Crippen LogP contribution in [0.2, 0.25) is 0 Å². The predicted octanol–water partition coefficient (Wildman–Crippen LogP) is 1.41. The number of aliphatic hydroxyl groups is 1. The molecular weight excluding hydrogens is 202 g/mol. The van der Waals surface area contributed by atoms with E-state index in [0.717, 1.165) is 12.8 Å². The van der Waals surface area contributed by atoms with Gasteiger partial charge in [-0.2, -0.15) is 5.10 Å². The summed E-state index contributed by atoms with van der Waals surface area (Å²) in [6.07, 6.45) is 5.33. The highest BCUT2D eigenvalue weighted by Crippen LogP contribution is 2.13. The molecular formula is C12H23N3O. The highest BCUT2D eigenvalue weighted by atomic mass is 16.3. The van der Waals surface area contributed by atoms with Crippen LogP contribution in [0.15, 0.2) is 18.5 Å². The minimum atomic E-state index is -0.391. The second kappa shape index (κ2) is 6.01. The molecule has 92 valence electrons. The van der Waals surface area contributed by atoms with Crippen LogP contribution in [0.25, 0.3) is 0 Å². The summed E-state index contributed by atoms with van der Waals surface area (Å²) >= 11 is 0. The summed E-state index contributed by atoms with van der Waals surface area (Å²) in [6, 6.07) is 1.86. The van der Waals surface area contributed by atoms with Gasteiger partial charge in [-0.3, -0.25) is 4.68 Å². The Morgan fingerprint density at radius 3 is 2.62 bits per heavy atom. The van der Waals surface area contributed by atoms with Gasteiger partial charge in [0.05, 0.1) is 12.6 Å². The predicted molar refractivity (Wildman–Crippen MR) is 65.2 cm³/mol. The first-order valence-electron chi connectivity index (χ1n) is 6.00. The Morgan fingerprint density at radius 2 is 2.12 bits per heavy atom. The minimum Gasteiger partial charge on any atom is -0.390 e. The molecule has 0 saturated heterocycles. The van der Waals surface area contributed by atoms with Gasteiger partial charge in [0.15, 0.2) is 0 Å². The third-order valence-corrected chi connectivity index (χ3v) is 3.28. The van der Waals surface area contributed by atoms with Crippen molar-refractivity contribution in [1.29, 1.82) is 0 Å². The number of hydrogen-bond donors (Lipinski definition) is 2. The molecule has 0 aliphatic carbocycles. The maximum atomic E-state index is 9.85. The lowest BCUT2D eigenvalue weighted by Crippen LogP contribution is -2.45. The molecule has 0 fully saturated rings. The molecule has 0 aliphatic rings. The van der Waals surface area contributed by atoms with E-state index in [1.807, 2.05) is 12.3 Å². The minimum absolute atomic E-state index is 0.130. The van der Waals surface area contributed by atoms with E-state index in [9.17, 15) is 5.11 Å². The Bertz CT molecular complexity index is 280. The average Bonchev–Trinajstić information content (AvgIpc) is 2.79.